The molecule has 0 radical (unpaired) electrons. The van der Waals surface area contributed by atoms with Gasteiger partial charge in [-0.05, 0) is 43.2 Å². The summed E-state index contributed by atoms with van der Waals surface area (Å²) >= 11 is 12.1. The number of halogens is 4. The predicted molar refractivity (Wildman–Crippen MR) is 176 cm³/mol. The van der Waals surface area contributed by atoms with E-state index in [0.29, 0.717) is 48.6 Å². The normalized spacial score (nSPS) is 13.0. The molecule has 11 nitrogen and oxygen atoms in total. The molecule has 0 spiro atoms. The molecule has 2 heterocycles. The summed E-state index contributed by atoms with van der Waals surface area (Å²) in [4.78, 5) is 27.3. The minimum absolute atomic E-state index is 0.0228. The number of nitrogens with zero attached hydrogens (tertiary/aromatic N) is 3. The van der Waals surface area contributed by atoms with Crippen LogP contribution in [0.1, 0.15) is 35.2 Å². The second-order valence-corrected chi connectivity index (χ2v) is 13.2. The first-order chi connectivity index (χ1) is 22.9. The number of aromatic nitrogens is 2. The van der Waals surface area contributed by atoms with Gasteiger partial charge in [-0.2, -0.15) is 13.5 Å². The van der Waals surface area contributed by atoms with Gasteiger partial charge in [-0.25, -0.2) is 8.78 Å². The van der Waals surface area contributed by atoms with E-state index in [1.807, 2.05) is 6.07 Å². The van der Waals surface area contributed by atoms with Gasteiger partial charge in [-0.15, -0.1) is 0 Å². The quantitative estimate of drug-likeness (QED) is 0.139. The van der Waals surface area contributed by atoms with Gasteiger partial charge in [0.2, 0.25) is 5.91 Å². The maximum Gasteiger partial charge on any atom is 0.266 e. The van der Waals surface area contributed by atoms with Crippen LogP contribution in [-0.4, -0.2) is 66.6 Å². The van der Waals surface area contributed by atoms with Gasteiger partial charge >= 0.3 is 0 Å². The average Bonchev–Trinajstić information content (AvgIpc) is 3.39. The molecule has 16 heteroatoms. The van der Waals surface area contributed by atoms with Crippen LogP contribution in [0.4, 0.5) is 14.5 Å². The Balaban J connectivity index is 1.27. The molecule has 0 atom stereocenters. The first-order valence-corrected chi connectivity index (χ1v) is 17.1. The highest BCUT2D eigenvalue weighted by Crippen LogP contribution is 2.40. The van der Waals surface area contributed by atoms with Crippen LogP contribution in [0.2, 0.25) is 10.0 Å². The Labute approximate surface area is 285 Å². The lowest BCUT2D eigenvalue weighted by Gasteiger charge is -2.23. The molecule has 5 rings (SSSR count). The topological polar surface area (TPSA) is 140 Å². The number of rotatable bonds is 12. The second kappa shape index (κ2) is 15.3. The molecule has 1 aromatic heterocycles. The van der Waals surface area contributed by atoms with E-state index >= 15 is 4.39 Å². The molecule has 0 aliphatic carbocycles. The molecule has 0 fully saturated rings. The number of hydrogen-bond donors (Lipinski definition) is 2. The summed E-state index contributed by atoms with van der Waals surface area (Å²) in [7, 11) is -4.27. The van der Waals surface area contributed by atoms with Gasteiger partial charge in [0.1, 0.15) is 5.82 Å². The Morgan fingerprint density at radius 2 is 1.90 bits per heavy atom. The van der Waals surface area contributed by atoms with Crippen molar-refractivity contribution in [2.75, 3.05) is 37.0 Å². The van der Waals surface area contributed by atoms with Crippen LogP contribution in [0.25, 0.3) is 11.1 Å². The predicted octanol–water partition coefficient (Wildman–Crippen LogP) is 5.78. The van der Waals surface area contributed by atoms with E-state index in [2.05, 4.69) is 10.4 Å². The summed E-state index contributed by atoms with van der Waals surface area (Å²) in [5, 5.41) is 6.55. The van der Waals surface area contributed by atoms with E-state index in [1.165, 1.54) is 22.9 Å². The third kappa shape index (κ3) is 8.61. The molecule has 0 saturated carbocycles. The van der Waals surface area contributed by atoms with E-state index in [-0.39, 0.29) is 58.9 Å². The van der Waals surface area contributed by atoms with Crippen molar-refractivity contribution in [2.45, 2.75) is 25.8 Å². The number of hydrogen-bond acceptors (Lipinski definition) is 7. The largest absolute Gasteiger partial charge is 0.491 e. The third-order valence-electron chi connectivity index (χ3n) is 7.38. The standard InChI is InChI=1S/C32H30Cl2F2N4O7S/c33-24-6-2-8-28(30(24)36)46-12-3-9-29(41)40-11-4-13-47-31-22(5-1-7-27(31)40)21-17-38-39(18-21)19-23-25(34)15-20(16-26(23)35)32(42)37-10-14-48(43,44)45/h1-2,5-8,15-18H,3-4,9-14,19H2,(H,37,42)(H,43,44,45). The minimum atomic E-state index is -4.27. The smallest absolute Gasteiger partial charge is 0.266 e. The molecule has 2 N–H and O–H groups in total. The highest BCUT2D eigenvalue weighted by molar-refractivity contribution is 7.85. The van der Waals surface area contributed by atoms with Crippen molar-refractivity contribution in [1.29, 1.82) is 0 Å². The van der Waals surface area contributed by atoms with Crippen molar-refractivity contribution < 1.29 is 40.8 Å². The summed E-state index contributed by atoms with van der Waals surface area (Å²) < 4.78 is 72.8. The van der Waals surface area contributed by atoms with Gasteiger partial charge in [0.05, 0.1) is 42.4 Å². The number of amides is 2. The molecular formula is C32H30Cl2F2N4O7S. The summed E-state index contributed by atoms with van der Waals surface area (Å²) in [6.45, 7) is 0.490. The zero-order valence-corrected chi connectivity index (χ0v) is 27.6. The van der Waals surface area contributed by atoms with E-state index in [0.717, 1.165) is 6.07 Å². The Hall–Kier alpha value is -4.24. The van der Waals surface area contributed by atoms with E-state index in [4.69, 9.17) is 37.2 Å². The maximum atomic E-state index is 15.1. The number of ether oxygens (including phenoxy) is 2. The van der Waals surface area contributed by atoms with Crippen molar-refractivity contribution in [3.8, 4) is 22.6 Å². The maximum absolute atomic E-state index is 15.1. The number of carbonyl (C=O) groups is 2. The highest BCUT2D eigenvalue weighted by Gasteiger charge is 2.25. The molecular weight excluding hydrogens is 693 g/mol. The second-order valence-electron chi connectivity index (χ2n) is 10.8. The number of carbonyl (C=O) groups excluding carboxylic acids is 2. The Morgan fingerprint density at radius 1 is 1.10 bits per heavy atom. The summed E-state index contributed by atoms with van der Waals surface area (Å²) in [5.74, 6) is -2.50. The van der Waals surface area contributed by atoms with Gasteiger partial charge in [-0.1, -0.05) is 41.4 Å². The average molecular weight is 724 g/mol. The lowest BCUT2D eigenvalue weighted by molar-refractivity contribution is -0.118. The zero-order chi connectivity index (χ0) is 34.4. The number of nitrogens with one attached hydrogen (secondary N) is 1. The third-order valence-corrected chi connectivity index (χ3v) is 8.73. The SMILES string of the molecule is O=C(NCCS(=O)(=O)O)c1cc(F)c(Cn2cc(-c3cccc4c3OCCCN4C(=O)CCCOc3cccc(Cl)c3F)cn2)c(Cl)c1. The zero-order valence-electron chi connectivity index (χ0n) is 25.3. The summed E-state index contributed by atoms with van der Waals surface area (Å²) in [6.07, 6.45) is 4.35. The van der Waals surface area contributed by atoms with Crippen LogP contribution >= 0.6 is 23.2 Å². The molecule has 0 bridgehead atoms. The van der Waals surface area contributed by atoms with Gasteiger partial charge in [-0.3, -0.25) is 18.8 Å². The van der Waals surface area contributed by atoms with Gasteiger partial charge < -0.3 is 19.7 Å². The number of fused-ring (bicyclic) bond motifs is 1. The molecule has 4 aromatic rings. The molecule has 1 aliphatic heterocycles. The summed E-state index contributed by atoms with van der Waals surface area (Å²) in [6, 6.07) is 12.1. The van der Waals surface area contributed by atoms with Crippen LogP contribution in [-0.2, 0) is 21.5 Å². The fourth-order valence-electron chi connectivity index (χ4n) is 5.06. The fraction of sp³-hybridized carbons (Fsp3) is 0.281. The van der Waals surface area contributed by atoms with Crippen molar-refractivity contribution in [2.24, 2.45) is 0 Å². The van der Waals surface area contributed by atoms with E-state index in [1.54, 1.807) is 35.5 Å². The van der Waals surface area contributed by atoms with Crippen molar-refractivity contribution >= 4 is 50.8 Å². The van der Waals surface area contributed by atoms with Crippen molar-refractivity contribution in [1.82, 2.24) is 15.1 Å². The van der Waals surface area contributed by atoms with Crippen LogP contribution in [0.15, 0.2) is 60.9 Å². The molecule has 48 heavy (non-hydrogen) atoms. The molecule has 1 aliphatic rings. The van der Waals surface area contributed by atoms with Gasteiger partial charge in [0, 0.05) is 53.0 Å². The Morgan fingerprint density at radius 3 is 2.67 bits per heavy atom. The van der Waals surface area contributed by atoms with Crippen molar-refractivity contribution in [3.05, 3.63) is 93.7 Å². The van der Waals surface area contributed by atoms with Crippen LogP contribution in [0.3, 0.4) is 0 Å². The number of anilines is 1. The number of para-hydroxylation sites is 1. The number of benzene rings is 3. The molecule has 2 amide bonds. The highest BCUT2D eigenvalue weighted by atomic mass is 35.5. The van der Waals surface area contributed by atoms with E-state index < -0.39 is 33.4 Å². The van der Waals surface area contributed by atoms with E-state index in [9.17, 15) is 22.4 Å². The molecule has 3 aromatic carbocycles. The van der Waals surface area contributed by atoms with Crippen molar-refractivity contribution in [3.63, 3.8) is 0 Å². The van der Waals surface area contributed by atoms with Crippen LogP contribution in [0.5, 0.6) is 11.5 Å². The molecule has 254 valence electrons. The monoisotopic (exact) mass is 722 g/mol. The minimum Gasteiger partial charge on any atom is -0.491 e. The first-order valence-electron chi connectivity index (χ1n) is 14.8. The Kier molecular flexibility index (Phi) is 11.2. The lowest BCUT2D eigenvalue weighted by Crippen LogP contribution is -2.31. The van der Waals surface area contributed by atoms with Gasteiger partial charge in [0.25, 0.3) is 16.0 Å². The van der Waals surface area contributed by atoms with Gasteiger partial charge in [0.15, 0.2) is 17.3 Å². The molecule has 0 saturated heterocycles. The summed E-state index contributed by atoms with van der Waals surface area (Å²) in [5.41, 5.74) is 1.85. The Bertz CT molecular complexity index is 1920. The lowest BCUT2D eigenvalue weighted by atomic mass is 10.1. The van der Waals surface area contributed by atoms with Crippen LogP contribution < -0.4 is 19.7 Å². The van der Waals surface area contributed by atoms with Crippen LogP contribution in [0, 0.1) is 11.6 Å². The fourth-order valence-corrected chi connectivity index (χ4v) is 5.85. The first kappa shape index (κ1) is 35.1. The molecule has 0 unspecified atom stereocenters.